The summed E-state index contributed by atoms with van der Waals surface area (Å²) in [5, 5.41) is 11.5. The van der Waals surface area contributed by atoms with Gasteiger partial charge in [-0.05, 0) is 39.5 Å². The molecule has 1 saturated carbocycles. The summed E-state index contributed by atoms with van der Waals surface area (Å²) < 4.78 is 7.18. The predicted octanol–water partition coefficient (Wildman–Crippen LogP) is 3.79. The second-order valence-corrected chi connectivity index (χ2v) is 7.28. The number of rotatable bonds is 10. The number of nitrogens with zero attached hydrogens (tertiary/aromatic N) is 3. The number of halogens is 1. The average Bonchev–Trinajstić information content (AvgIpc) is 3.23. The quantitative estimate of drug-likeness (QED) is 0.226. The van der Waals surface area contributed by atoms with E-state index in [4.69, 9.17) is 9.73 Å². The van der Waals surface area contributed by atoms with E-state index in [9.17, 15) is 0 Å². The summed E-state index contributed by atoms with van der Waals surface area (Å²) in [6, 6.07) is 0. The summed E-state index contributed by atoms with van der Waals surface area (Å²) in [4.78, 5) is 4.78. The minimum absolute atomic E-state index is 0. The van der Waals surface area contributed by atoms with E-state index in [1.54, 1.807) is 7.11 Å². The molecule has 0 radical (unpaired) electrons. The van der Waals surface area contributed by atoms with E-state index in [0.29, 0.717) is 13.2 Å². The maximum absolute atomic E-state index is 5.16. The van der Waals surface area contributed by atoms with Crippen molar-refractivity contribution in [1.29, 1.82) is 0 Å². The molecule has 0 aromatic carbocycles. The SMILES string of the molecule is CCNC(=NCc1c(C)nn(CCOC)c1C)NCCCC1CCCC1.I. The van der Waals surface area contributed by atoms with Gasteiger partial charge in [-0.15, -0.1) is 24.0 Å². The van der Waals surface area contributed by atoms with Crippen LogP contribution < -0.4 is 10.6 Å². The summed E-state index contributed by atoms with van der Waals surface area (Å²) in [5.41, 5.74) is 3.45. The normalized spacial score (nSPS) is 15.0. The molecule has 2 rings (SSSR count). The lowest BCUT2D eigenvalue weighted by molar-refractivity contribution is 0.182. The Bertz CT molecular complexity index is 567. The van der Waals surface area contributed by atoms with Crippen molar-refractivity contribution in [3.05, 3.63) is 17.0 Å². The zero-order chi connectivity index (χ0) is 18.8. The highest BCUT2D eigenvalue weighted by molar-refractivity contribution is 14.0. The average molecular weight is 491 g/mol. The van der Waals surface area contributed by atoms with Gasteiger partial charge in [0.25, 0.3) is 0 Å². The topological polar surface area (TPSA) is 63.5 Å². The van der Waals surface area contributed by atoms with Gasteiger partial charge in [-0.25, -0.2) is 4.99 Å². The molecule has 6 nitrogen and oxygen atoms in total. The third kappa shape index (κ3) is 7.97. The molecule has 0 aliphatic heterocycles. The number of aryl methyl sites for hydroxylation is 1. The third-order valence-electron chi connectivity index (χ3n) is 5.33. The molecule has 27 heavy (non-hydrogen) atoms. The van der Waals surface area contributed by atoms with Gasteiger partial charge in [0.2, 0.25) is 0 Å². The van der Waals surface area contributed by atoms with Crippen LogP contribution in [-0.4, -0.2) is 42.5 Å². The molecule has 156 valence electrons. The Morgan fingerprint density at radius 3 is 2.67 bits per heavy atom. The summed E-state index contributed by atoms with van der Waals surface area (Å²) >= 11 is 0. The van der Waals surface area contributed by atoms with Gasteiger partial charge in [0.15, 0.2) is 5.96 Å². The monoisotopic (exact) mass is 491 g/mol. The number of aromatic nitrogens is 2. The van der Waals surface area contributed by atoms with Crippen LogP contribution >= 0.6 is 24.0 Å². The first-order valence-electron chi connectivity index (χ1n) is 10.2. The highest BCUT2D eigenvalue weighted by Crippen LogP contribution is 2.28. The fourth-order valence-corrected chi connectivity index (χ4v) is 3.75. The van der Waals surface area contributed by atoms with Gasteiger partial charge >= 0.3 is 0 Å². The number of nitrogens with one attached hydrogen (secondary N) is 2. The van der Waals surface area contributed by atoms with Gasteiger partial charge < -0.3 is 15.4 Å². The van der Waals surface area contributed by atoms with E-state index < -0.39 is 0 Å². The molecule has 1 fully saturated rings. The highest BCUT2D eigenvalue weighted by Gasteiger charge is 2.14. The molecular weight excluding hydrogens is 453 g/mol. The fraction of sp³-hybridized carbons (Fsp3) is 0.800. The first-order chi connectivity index (χ1) is 12.7. The molecule has 2 N–H and O–H groups in total. The second-order valence-electron chi connectivity index (χ2n) is 7.28. The predicted molar refractivity (Wildman–Crippen MR) is 123 cm³/mol. The van der Waals surface area contributed by atoms with Crippen LogP contribution in [0.4, 0.5) is 0 Å². The molecule has 7 heteroatoms. The Morgan fingerprint density at radius 2 is 2.00 bits per heavy atom. The van der Waals surface area contributed by atoms with E-state index in [0.717, 1.165) is 37.2 Å². The summed E-state index contributed by atoms with van der Waals surface area (Å²) in [5.74, 6) is 1.86. The number of guanidine groups is 1. The van der Waals surface area contributed by atoms with Gasteiger partial charge in [-0.1, -0.05) is 25.7 Å². The van der Waals surface area contributed by atoms with Crippen molar-refractivity contribution in [2.24, 2.45) is 10.9 Å². The maximum Gasteiger partial charge on any atom is 0.191 e. The number of methoxy groups -OCH3 is 1. The molecule has 0 saturated heterocycles. The number of ether oxygens (including phenoxy) is 1. The zero-order valence-electron chi connectivity index (χ0n) is 17.5. The lowest BCUT2D eigenvalue weighted by Crippen LogP contribution is -2.37. The summed E-state index contributed by atoms with van der Waals surface area (Å²) in [7, 11) is 1.72. The Morgan fingerprint density at radius 1 is 1.26 bits per heavy atom. The van der Waals surface area contributed by atoms with E-state index in [2.05, 4.69) is 36.5 Å². The lowest BCUT2D eigenvalue weighted by Gasteiger charge is -2.13. The molecule has 1 aromatic rings. The highest BCUT2D eigenvalue weighted by atomic mass is 127. The largest absolute Gasteiger partial charge is 0.383 e. The van der Waals surface area contributed by atoms with Gasteiger partial charge in [-0.3, -0.25) is 4.68 Å². The fourth-order valence-electron chi connectivity index (χ4n) is 3.75. The molecule has 0 bridgehead atoms. The van der Waals surface area contributed by atoms with Crippen LogP contribution in [0, 0.1) is 19.8 Å². The number of hydrogen-bond donors (Lipinski definition) is 2. The number of hydrogen-bond acceptors (Lipinski definition) is 3. The number of aliphatic imine (C=N–C) groups is 1. The molecule has 1 heterocycles. The van der Waals surface area contributed by atoms with Gasteiger partial charge in [0.1, 0.15) is 0 Å². The first-order valence-corrected chi connectivity index (χ1v) is 10.2. The van der Waals surface area contributed by atoms with E-state index in [-0.39, 0.29) is 24.0 Å². The van der Waals surface area contributed by atoms with Crippen LogP contribution in [0.3, 0.4) is 0 Å². The Hall–Kier alpha value is -0.830. The van der Waals surface area contributed by atoms with E-state index in [1.165, 1.54) is 49.8 Å². The molecular formula is C20H38IN5O. The van der Waals surface area contributed by atoms with Crippen LogP contribution in [0.25, 0.3) is 0 Å². The molecule has 0 amide bonds. The van der Waals surface area contributed by atoms with Crippen LogP contribution in [0.5, 0.6) is 0 Å². The van der Waals surface area contributed by atoms with Crippen LogP contribution in [0.15, 0.2) is 4.99 Å². The van der Waals surface area contributed by atoms with Crippen molar-refractivity contribution in [2.45, 2.75) is 72.4 Å². The van der Waals surface area contributed by atoms with E-state index in [1.807, 2.05) is 4.68 Å². The molecule has 0 atom stereocenters. The Labute approximate surface area is 181 Å². The van der Waals surface area contributed by atoms with E-state index >= 15 is 0 Å². The molecule has 1 aromatic heterocycles. The lowest BCUT2D eigenvalue weighted by atomic mass is 10.0. The minimum atomic E-state index is 0. The first kappa shape index (κ1) is 24.2. The summed E-state index contributed by atoms with van der Waals surface area (Å²) in [6.45, 7) is 10.3. The molecule has 1 aliphatic carbocycles. The van der Waals surface area contributed by atoms with Crippen molar-refractivity contribution in [2.75, 3.05) is 26.8 Å². The van der Waals surface area contributed by atoms with Crippen LogP contribution in [0.1, 0.15) is 62.4 Å². The van der Waals surface area contributed by atoms with Crippen molar-refractivity contribution in [3.8, 4) is 0 Å². The smallest absolute Gasteiger partial charge is 0.191 e. The Balaban J connectivity index is 0.00000364. The van der Waals surface area contributed by atoms with Crippen molar-refractivity contribution >= 4 is 29.9 Å². The van der Waals surface area contributed by atoms with Gasteiger partial charge in [0.05, 0.1) is 25.4 Å². The van der Waals surface area contributed by atoms with Gasteiger partial charge in [-0.2, -0.15) is 5.10 Å². The molecule has 1 aliphatic rings. The standard InChI is InChI=1S/C20H37N5O.HI/c1-5-21-20(22-12-8-11-18-9-6-7-10-18)23-15-19-16(2)24-25(17(19)3)13-14-26-4;/h18H,5-15H2,1-4H3,(H2,21,22,23);1H. The molecule has 0 unspecified atom stereocenters. The maximum atomic E-state index is 5.16. The summed E-state index contributed by atoms with van der Waals surface area (Å²) in [6.07, 6.45) is 8.29. The molecule has 0 spiro atoms. The third-order valence-corrected chi connectivity index (χ3v) is 5.33. The van der Waals surface area contributed by atoms with Crippen LogP contribution in [0.2, 0.25) is 0 Å². The van der Waals surface area contributed by atoms with Crippen molar-refractivity contribution < 1.29 is 4.74 Å². The second kappa shape index (κ2) is 13.4. The van der Waals surface area contributed by atoms with Gasteiger partial charge in [0, 0.05) is 31.5 Å². The Kier molecular flexibility index (Phi) is 12.0. The minimum Gasteiger partial charge on any atom is -0.383 e. The van der Waals surface area contributed by atoms with Crippen molar-refractivity contribution in [1.82, 2.24) is 20.4 Å². The zero-order valence-corrected chi connectivity index (χ0v) is 19.8. The van der Waals surface area contributed by atoms with Crippen LogP contribution in [-0.2, 0) is 17.8 Å². The van der Waals surface area contributed by atoms with Crippen molar-refractivity contribution in [3.63, 3.8) is 0 Å².